The number of carbonyl (C=O) groups is 7. The number of benzene rings is 3. The van der Waals surface area contributed by atoms with E-state index in [4.69, 9.17) is 0 Å². The maximum atomic E-state index is 14.7. The second kappa shape index (κ2) is 20.2. The lowest BCUT2D eigenvalue weighted by molar-refractivity contribution is -0.148. The number of carbonyl (C=O) groups excluding carboxylic acids is 7. The van der Waals surface area contributed by atoms with Crippen molar-refractivity contribution in [1.29, 1.82) is 0 Å². The summed E-state index contributed by atoms with van der Waals surface area (Å²) < 4.78 is 0. The first-order valence-electron chi connectivity index (χ1n) is 22.3. The molecule has 0 spiro atoms. The van der Waals surface area contributed by atoms with E-state index in [0.29, 0.717) is 51.5 Å². The maximum Gasteiger partial charge on any atom is 0.246 e. The quantitative estimate of drug-likeness (QED) is 0.270. The van der Waals surface area contributed by atoms with E-state index in [1.54, 1.807) is 0 Å². The van der Waals surface area contributed by atoms with Gasteiger partial charge in [-0.1, -0.05) is 111 Å². The van der Waals surface area contributed by atoms with Crippen molar-refractivity contribution in [1.82, 2.24) is 36.0 Å². The summed E-state index contributed by atoms with van der Waals surface area (Å²) in [6.07, 6.45) is 3.70. The Bertz CT molecular complexity index is 2090. The summed E-state index contributed by atoms with van der Waals surface area (Å²) in [4.78, 5) is 106. The van der Waals surface area contributed by atoms with E-state index in [-0.39, 0.29) is 44.2 Å². The summed E-state index contributed by atoms with van der Waals surface area (Å²) in [5, 5.41) is 11.9. The second-order valence-electron chi connectivity index (χ2n) is 17.2. The molecule has 0 saturated carbocycles. The predicted octanol–water partition coefficient (Wildman–Crippen LogP) is 2.69. The van der Waals surface area contributed by atoms with E-state index in [1.165, 1.54) is 14.7 Å². The molecule has 4 saturated heterocycles. The molecule has 4 N–H and O–H groups in total. The van der Waals surface area contributed by atoms with E-state index < -0.39 is 77.7 Å². The van der Waals surface area contributed by atoms with Gasteiger partial charge in [-0.3, -0.25) is 33.6 Å². The van der Waals surface area contributed by atoms with Gasteiger partial charge in [-0.25, -0.2) is 0 Å². The van der Waals surface area contributed by atoms with Crippen molar-refractivity contribution in [2.75, 3.05) is 19.6 Å². The molecular formula is C48H59N7O7. The van der Waals surface area contributed by atoms with Crippen LogP contribution < -0.4 is 21.3 Å². The highest BCUT2D eigenvalue weighted by Gasteiger charge is 2.46. The average Bonchev–Trinajstić information content (AvgIpc) is 4.10. The van der Waals surface area contributed by atoms with E-state index in [0.717, 1.165) is 16.7 Å². The predicted molar refractivity (Wildman–Crippen MR) is 232 cm³/mol. The van der Waals surface area contributed by atoms with Crippen LogP contribution in [0.4, 0.5) is 0 Å². The van der Waals surface area contributed by atoms with Crippen LogP contribution in [0.1, 0.15) is 75.5 Å². The summed E-state index contributed by atoms with van der Waals surface area (Å²) in [6.45, 7) is 4.62. The standard InChI is InChI=1S/C48H59N7O7/c1-3-31(2)41-45(59)51-37(30-34-20-11-6-12-21-34)47(61)55-27-15-24-40(55)48(62)54-26-14-23-39(54)44(58)50-36(29-33-18-9-5-10-19-33)46(60)53-25-13-22-38(53)43(57)49-35(42(56)52-41)28-32-16-7-4-8-17-32/h4-12,16-21,31,35-41H,3,13-15,22-30H2,1-2H3,(H,49,57)(H,50,58)(H,51,59)(H,52,56)/t31-,35-,36-,37-,38-,39-,40-,41-/m0/s1. The van der Waals surface area contributed by atoms with Crippen LogP contribution >= 0.6 is 0 Å². The smallest absolute Gasteiger partial charge is 0.246 e. The van der Waals surface area contributed by atoms with Crippen LogP contribution in [-0.4, -0.2) is 118 Å². The molecule has 8 atom stereocenters. The van der Waals surface area contributed by atoms with Gasteiger partial charge in [0.15, 0.2) is 0 Å². The molecule has 0 aromatic heterocycles. The Kier molecular flexibility index (Phi) is 14.4. The van der Waals surface area contributed by atoms with Crippen molar-refractivity contribution in [2.24, 2.45) is 5.92 Å². The van der Waals surface area contributed by atoms with Gasteiger partial charge in [-0.05, 0) is 61.1 Å². The Labute approximate surface area is 363 Å². The Hall–Kier alpha value is -6.05. The molecule has 14 heteroatoms. The van der Waals surface area contributed by atoms with Crippen LogP contribution in [0.3, 0.4) is 0 Å². The van der Waals surface area contributed by atoms with E-state index in [1.807, 2.05) is 105 Å². The molecule has 3 aromatic carbocycles. The van der Waals surface area contributed by atoms with Crippen LogP contribution in [0.5, 0.6) is 0 Å². The fourth-order valence-electron chi connectivity index (χ4n) is 9.40. The number of fused-ring (bicyclic) bond motifs is 3. The zero-order valence-electron chi connectivity index (χ0n) is 35.7. The van der Waals surface area contributed by atoms with E-state index in [2.05, 4.69) is 21.3 Å². The van der Waals surface area contributed by atoms with Gasteiger partial charge in [0.1, 0.15) is 42.3 Å². The number of amides is 7. The zero-order valence-corrected chi connectivity index (χ0v) is 35.7. The van der Waals surface area contributed by atoms with Crippen molar-refractivity contribution in [3.05, 3.63) is 108 Å². The molecule has 4 aliphatic heterocycles. The first kappa shape index (κ1) is 44.0. The SMILES string of the molecule is CC[C@H](C)[C@@H]1NC(=O)[C@H](Cc2ccccc2)NC(=O)[C@@H]2CCCN2C(=O)[C@H](Cc2ccccc2)NC(=O)[C@@H]2CCCN2C(=O)[C@@H]2CCCN2C(=O)[C@H](Cc2ccccc2)NC1=O. The average molecular weight is 846 g/mol. The maximum absolute atomic E-state index is 14.7. The summed E-state index contributed by atoms with van der Waals surface area (Å²) in [5.41, 5.74) is 2.38. The third-order valence-corrected chi connectivity index (χ3v) is 13.0. The Morgan fingerprint density at radius 2 is 0.839 bits per heavy atom. The molecule has 328 valence electrons. The number of nitrogens with one attached hydrogen (secondary N) is 4. The molecule has 14 nitrogen and oxygen atoms in total. The monoisotopic (exact) mass is 845 g/mol. The Balaban J connectivity index is 1.27. The number of hydrogen-bond donors (Lipinski definition) is 4. The topological polar surface area (TPSA) is 177 Å². The molecule has 0 unspecified atom stereocenters. The second-order valence-corrected chi connectivity index (χ2v) is 17.2. The minimum absolute atomic E-state index is 0.109. The molecule has 0 bridgehead atoms. The molecule has 7 amide bonds. The Morgan fingerprint density at radius 1 is 0.468 bits per heavy atom. The van der Waals surface area contributed by atoms with Crippen molar-refractivity contribution in [3.63, 3.8) is 0 Å². The lowest BCUT2D eigenvalue weighted by Gasteiger charge is -2.34. The van der Waals surface area contributed by atoms with Crippen molar-refractivity contribution in [2.45, 2.75) is 120 Å². The van der Waals surface area contributed by atoms with Gasteiger partial charge in [0, 0.05) is 38.9 Å². The van der Waals surface area contributed by atoms with Crippen molar-refractivity contribution in [3.8, 4) is 0 Å². The minimum atomic E-state index is -1.12. The first-order valence-corrected chi connectivity index (χ1v) is 22.3. The van der Waals surface area contributed by atoms with E-state index in [9.17, 15) is 33.6 Å². The third kappa shape index (κ3) is 10.2. The van der Waals surface area contributed by atoms with E-state index >= 15 is 0 Å². The summed E-state index contributed by atoms with van der Waals surface area (Å²) in [5.74, 6) is -3.73. The lowest BCUT2D eigenvalue weighted by Crippen LogP contribution is -2.61. The van der Waals surface area contributed by atoms with Crippen LogP contribution in [0.25, 0.3) is 0 Å². The fourth-order valence-corrected chi connectivity index (χ4v) is 9.40. The molecule has 0 radical (unpaired) electrons. The molecule has 7 rings (SSSR count). The third-order valence-electron chi connectivity index (χ3n) is 13.0. The first-order chi connectivity index (χ1) is 30.0. The normalized spacial score (nSPS) is 27.3. The van der Waals surface area contributed by atoms with Gasteiger partial charge in [0.2, 0.25) is 41.4 Å². The highest BCUT2D eigenvalue weighted by Crippen LogP contribution is 2.27. The van der Waals surface area contributed by atoms with Crippen LogP contribution in [0.15, 0.2) is 91.0 Å². The van der Waals surface area contributed by atoms with Gasteiger partial charge in [0.05, 0.1) is 0 Å². The van der Waals surface area contributed by atoms with Crippen molar-refractivity contribution >= 4 is 41.4 Å². The largest absolute Gasteiger partial charge is 0.342 e. The Morgan fingerprint density at radius 3 is 1.29 bits per heavy atom. The number of hydrogen-bond acceptors (Lipinski definition) is 7. The number of rotatable bonds is 8. The van der Waals surface area contributed by atoms with Gasteiger partial charge in [0.25, 0.3) is 0 Å². The van der Waals surface area contributed by atoms with Crippen LogP contribution in [0.2, 0.25) is 0 Å². The van der Waals surface area contributed by atoms with Gasteiger partial charge >= 0.3 is 0 Å². The molecule has 4 aliphatic rings. The lowest BCUT2D eigenvalue weighted by atomic mass is 9.96. The molecule has 62 heavy (non-hydrogen) atoms. The number of nitrogens with zero attached hydrogens (tertiary/aromatic N) is 3. The summed E-state index contributed by atoms with van der Waals surface area (Å²) in [6, 6.07) is 20.9. The van der Waals surface area contributed by atoms with Gasteiger partial charge < -0.3 is 36.0 Å². The molecular weight excluding hydrogens is 787 g/mol. The molecule has 4 fully saturated rings. The molecule has 4 heterocycles. The highest BCUT2D eigenvalue weighted by molar-refractivity contribution is 5.99. The minimum Gasteiger partial charge on any atom is -0.342 e. The highest BCUT2D eigenvalue weighted by atomic mass is 16.2. The summed E-state index contributed by atoms with van der Waals surface area (Å²) >= 11 is 0. The van der Waals surface area contributed by atoms with Gasteiger partial charge in [-0.2, -0.15) is 0 Å². The van der Waals surface area contributed by atoms with Gasteiger partial charge in [-0.15, -0.1) is 0 Å². The molecule has 3 aromatic rings. The van der Waals surface area contributed by atoms with Crippen LogP contribution in [0, 0.1) is 5.92 Å². The van der Waals surface area contributed by atoms with Crippen molar-refractivity contribution < 1.29 is 33.6 Å². The van der Waals surface area contributed by atoms with Crippen LogP contribution in [-0.2, 0) is 52.8 Å². The zero-order chi connectivity index (χ0) is 43.8. The fraction of sp³-hybridized carbons (Fsp3) is 0.479. The summed E-state index contributed by atoms with van der Waals surface area (Å²) in [7, 11) is 0. The molecule has 0 aliphatic carbocycles.